The van der Waals surface area contributed by atoms with Crippen molar-refractivity contribution in [3.8, 4) is 5.75 Å². The summed E-state index contributed by atoms with van der Waals surface area (Å²) < 4.78 is 5.82. The van der Waals surface area contributed by atoms with Gasteiger partial charge in [-0.15, -0.1) is 0 Å². The van der Waals surface area contributed by atoms with Crippen LogP contribution in [0, 0.1) is 0 Å². The Kier molecular flexibility index (Phi) is 9.73. The summed E-state index contributed by atoms with van der Waals surface area (Å²) in [4.78, 5) is 10.8. The molecule has 0 spiro atoms. The van der Waals surface area contributed by atoms with Crippen molar-refractivity contribution in [2.75, 3.05) is 6.61 Å². The molecule has 0 heterocycles. The number of rotatable bonds is 13. The van der Waals surface area contributed by atoms with Crippen molar-refractivity contribution in [1.82, 2.24) is 0 Å². The number of para-hydroxylation sites is 1. The van der Waals surface area contributed by atoms with Gasteiger partial charge in [-0.2, -0.15) is 0 Å². The molecule has 0 bridgehead atoms. The lowest BCUT2D eigenvalue weighted by Crippen LogP contribution is -2.13. The normalized spacial score (nSPS) is 15.0. The van der Waals surface area contributed by atoms with Crippen LogP contribution in [0.1, 0.15) is 61.3 Å². The molecular formula is C28H34O5. The standard InChI is InChI=1S/C28H34O5/c29-25(17-18-33-27-12-5-4-10-23(27)14-16-28(31)32)15-13-22-9-6-11-24(19-22)26(30)20-21-7-2-1-3-8-21/h1-2,4-7,9-12,19,25-26,29-30H,3,8,13-18,20H2,(H,31,32)/t25-,26+/m0/s1. The van der Waals surface area contributed by atoms with Crippen LogP contribution >= 0.6 is 0 Å². The molecule has 3 N–H and O–H groups in total. The molecule has 176 valence electrons. The van der Waals surface area contributed by atoms with E-state index < -0.39 is 18.2 Å². The highest BCUT2D eigenvalue weighted by Crippen LogP contribution is 2.26. The summed E-state index contributed by atoms with van der Waals surface area (Å²) >= 11 is 0. The zero-order valence-electron chi connectivity index (χ0n) is 19.0. The monoisotopic (exact) mass is 450 g/mol. The van der Waals surface area contributed by atoms with E-state index in [4.69, 9.17) is 9.84 Å². The molecule has 2 aromatic carbocycles. The van der Waals surface area contributed by atoms with Crippen LogP contribution < -0.4 is 4.74 Å². The number of hydrogen-bond donors (Lipinski definition) is 3. The Labute approximate surface area is 196 Å². The lowest BCUT2D eigenvalue weighted by Gasteiger charge is -2.16. The minimum absolute atomic E-state index is 0.0609. The average Bonchev–Trinajstić information content (AvgIpc) is 2.83. The Morgan fingerprint density at radius 3 is 2.67 bits per heavy atom. The summed E-state index contributed by atoms with van der Waals surface area (Å²) in [6, 6.07) is 15.4. The van der Waals surface area contributed by atoms with Crippen molar-refractivity contribution in [1.29, 1.82) is 0 Å². The zero-order chi connectivity index (χ0) is 23.5. The molecule has 0 saturated heterocycles. The van der Waals surface area contributed by atoms with E-state index in [1.54, 1.807) is 0 Å². The third-order valence-corrected chi connectivity index (χ3v) is 5.95. The molecule has 33 heavy (non-hydrogen) atoms. The molecule has 1 aliphatic carbocycles. The number of aliphatic hydroxyl groups is 2. The number of aryl methyl sites for hydroxylation is 2. The number of carboxylic acids is 1. The fraction of sp³-hybridized carbons (Fsp3) is 0.393. The molecule has 2 atom stereocenters. The first-order valence-electron chi connectivity index (χ1n) is 11.7. The van der Waals surface area contributed by atoms with Crippen molar-refractivity contribution in [3.63, 3.8) is 0 Å². The van der Waals surface area contributed by atoms with Crippen LogP contribution in [0.3, 0.4) is 0 Å². The van der Waals surface area contributed by atoms with Crippen molar-refractivity contribution in [2.45, 2.75) is 63.6 Å². The van der Waals surface area contributed by atoms with E-state index in [9.17, 15) is 15.0 Å². The molecular weight excluding hydrogens is 416 g/mol. The van der Waals surface area contributed by atoms with Gasteiger partial charge < -0.3 is 20.1 Å². The van der Waals surface area contributed by atoms with E-state index in [1.807, 2.05) is 48.5 Å². The second-order valence-corrected chi connectivity index (χ2v) is 8.59. The first-order chi connectivity index (χ1) is 16.0. The largest absolute Gasteiger partial charge is 0.493 e. The Bertz CT molecular complexity index is 962. The molecule has 0 aliphatic heterocycles. The summed E-state index contributed by atoms with van der Waals surface area (Å²) in [7, 11) is 0. The molecule has 0 saturated carbocycles. The van der Waals surface area contributed by atoms with Gasteiger partial charge in [-0.05, 0) is 61.3 Å². The number of carbonyl (C=O) groups is 1. The Hall–Kier alpha value is -2.89. The lowest BCUT2D eigenvalue weighted by molar-refractivity contribution is -0.136. The minimum Gasteiger partial charge on any atom is -0.493 e. The molecule has 2 aromatic rings. The molecule has 0 unspecified atom stereocenters. The summed E-state index contributed by atoms with van der Waals surface area (Å²) in [5.41, 5.74) is 4.15. The van der Waals surface area contributed by atoms with Gasteiger partial charge in [-0.25, -0.2) is 0 Å². The predicted octanol–water partition coefficient (Wildman–Crippen LogP) is 5.17. The van der Waals surface area contributed by atoms with Gasteiger partial charge in [-0.3, -0.25) is 4.79 Å². The molecule has 5 nitrogen and oxygen atoms in total. The molecule has 1 aliphatic rings. The molecule has 3 rings (SSSR count). The Morgan fingerprint density at radius 1 is 1.03 bits per heavy atom. The molecule has 0 aromatic heterocycles. The topological polar surface area (TPSA) is 87.0 Å². The van der Waals surface area contributed by atoms with Crippen LogP contribution in [0.4, 0.5) is 0 Å². The van der Waals surface area contributed by atoms with Gasteiger partial charge in [0.25, 0.3) is 0 Å². The quantitative estimate of drug-likeness (QED) is 0.392. The number of ether oxygens (including phenoxy) is 1. The highest BCUT2D eigenvalue weighted by Gasteiger charge is 2.13. The van der Waals surface area contributed by atoms with E-state index in [0.29, 0.717) is 38.0 Å². The van der Waals surface area contributed by atoms with Crippen LogP contribution in [0.25, 0.3) is 0 Å². The highest BCUT2D eigenvalue weighted by molar-refractivity contribution is 5.67. The maximum absolute atomic E-state index is 10.8. The maximum atomic E-state index is 10.8. The number of aliphatic carboxylic acids is 1. The van der Waals surface area contributed by atoms with Gasteiger partial charge in [0.2, 0.25) is 0 Å². The zero-order valence-corrected chi connectivity index (χ0v) is 19.0. The van der Waals surface area contributed by atoms with Crippen molar-refractivity contribution in [2.24, 2.45) is 0 Å². The van der Waals surface area contributed by atoms with E-state index >= 15 is 0 Å². The first kappa shape index (κ1) is 24.7. The van der Waals surface area contributed by atoms with Gasteiger partial charge in [0.15, 0.2) is 0 Å². The number of benzene rings is 2. The molecule has 0 amide bonds. The third-order valence-electron chi connectivity index (χ3n) is 5.95. The van der Waals surface area contributed by atoms with E-state index in [2.05, 4.69) is 18.2 Å². The smallest absolute Gasteiger partial charge is 0.303 e. The Balaban J connectivity index is 1.43. The van der Waals surface area contributed by atoms with Gasteiger partial charge in [0.05, 0.1) is 18.8 Å². The number of aliphatic hydroxyl groups excluding tert-OH is 2. The maximum Gasteiger partial charge on any atom is 0.303 e. The minimum atomic E-state index is -0.833. The number of hydrogen-bond acceptors (Lipinski definition) is 4. The fourth-order valence-corrected chi connectivity index (χ4v) is 4.02. The summed E-state index contributed by atoms with van der Waals surface area (Å²) in [6.45, 7) is 0.369. The van der Waals surface area contributed by atoms with Crippen LogP contribution in [-0.4, -0.2) is 34.0 Å². The SMILES string of the molecule is O=C(O)CCc1ccccc1OCC[C@@H](O)CCc1cccc([C@H](O)CC2=CC=CCC2)c1. The van der Waals surface area contributed by atoms with E-state index in [-0.39, 0.29) is 6.42 Å². The van der Waals surface area contributed by atoms with Crippen molar-refractivity contribution in [3.05, 3.63) is 89.0 Å². The number of allylic oxidation sites excluding steroid dienone is 3. The molecule has 5 heteroatoms. The lowest BCUT2D eigenvalue weighted by atomic mass is 9.94. The van der Waals surface area contributed by atoms with Gasteiger partial charge in [0.1, 0.15) is 5.75 Å². The highest BCUT2D eigenvalue weighted by atomic mass is 16.5. The first-order valence-corrected chi connectivity index (χ1v) is 11.7. The fourth-order valence-electron chi connectivity index (χ4n) is 4.02. The van der Waals surface area contributed by atoms with Crippen LogP contribution in [-0.2, 0) is 17.6 Å². The molecule has 0 radical (unpaired) electrons. The third kappa shape index (κ3) is 8.52. The predicted molar refractivity (Wildman–Crippen MR) is 129 cm³/mol. The van der Waals surface area contributed by atoms with Gasteiger partial charge in [0, 0.05) is 12.8 Å². The second kappa shape index (κ2) is 13.0. The van der Waals surface area contributed by atoms with E-state index in [1.165, 1.54) is 5.57 Å². The van der Waals surface area contributed by atoms with Crippen molar-refractivity contribution < 1.29 is 24.9 Å². The second-order valence-electron chi connectivity index (χ2n) is 8.59. The average molecular weight is 451 g/mol. The van der Waals surface area contributed by atoms with Crippen LogP contribution in [0.2, 0.25) is 0 Å². The summed E-state index contributed by atoms with van der Waals surface area (Å²) in [5.74, 6) is -0.156. The van der Waals surface area contributed by atoms with Gasteiger partial charge in [-0.1, -0.05) is 66.3 Å². The number of carboxylic acid groups (broad SMARTS) is 1. The summed E-state index contributed by atoms with van der Waals surface area (Å²) in [5, 5.41) is 29.9. The van der Waals surface area contributed by atoms with Crippen LogP contribution in [0.15, 0.2) is 72.3 Å². The van der Waals surface area contributed by atoms with Crippen molar-refractivity contribution >= 4 is 5.97 Å². The Morgan fingerprint density at radius 2 is 1.88 bits per heavy atom. The molecule has 0 fully saturated rings. The van der Waals surface area contributed by atoms with Crippen LogP contribution in [0.5, 0.6) is 5.75 Å². The van der Waals surface area contributed by atoms with E-state index in [0.717, 1.165) is 36.0 Å². The van der Waals surface area contributed by atoms with Gasteiger partial charge >= 0.3 is 5.97 Å². The summed E-state index contributed by atoms with van der Waals surface area (Å²) in [6.07, 6.45) is 10.3.